The molecule has 11 nitrogen and oxygen atoms in total. The molecule has 0 aromatic carbocycles. The van der Waals surface area contributed by atoms with E-state index >= 15 is 0 Å². The molecule has 178 valence electrons. The summed E-state index contributed by atoms with van der Waals surface area (Å²) in [7, 11) is 0. The van der Waals surface area contributed by atoms with E-state index in [2.05, 4.69) is 5.32 Å². The number of ether oxygens (including phenoxy) is 2. The maximum atomic E-state index is 12.6. The Morgan fingerprint density at radius 2 is 1.75 bits per heavy atom. The lowest BCUT2D eigenvalue weighted by Crippen LogP contribution is -2.59. The summed E-state index contributed by atoms with van der Waals surface area (Å²) in [5.41, 5.74) is 0. The quantitative estimate of drug-likeness (QED) is 0.144. The predicted molar refractivity (Wildman–Crippen MR) is 106 cm³/mol. The van der Waals surface area contributed by atoms with Crippen LogP contribution in [-0.2, 0) is 23.9 Å². The second-order valence-corrected chi connectivity index (χ2v) is 8.85. The van der Waals surface area contributed by atoms with Crippen LogP contribution >= 0.6 is 0 Å². The van der Waals surface area contributed by atoms with Gasteiger partial charge < -0.3 is 35.2 Å². The van der Waals surface area contributed by atoms with Crippen LogP contribution in [0.5, 0.6) is 0 Å². The SMILES string of the molecule is O=C(CCN1C(=O)[C@@H]2C3C=CC(C3)[C@@H]2C1=O)NCCCO[C@@H]1O[C@H](CO)[C@H](O)[C@H](O)[C@H]1O. The minimum Gasteiger partial charge on any atom is -0.394 e. The third-order valence-corrected chi connectivity index (χ3v) is 6.90. The van der Waals surface area contributed by atoms with Crippen molar-refractivity contribution in [1.82, 2.24) is 10.2 Å². The van der Waals surface area contributed by atoms with Crippen molar-refractivity contribution in [2.45, 2.75) is 50.0 Å². The molecule has 11 heteroatoms. The van der Waals surface area contributed by atoms with Gasteiger partial charge in [0.2, 0.25) is 17.7 Å². The van der Waals surface area contributed by atoms with Gasteiger partial charge in [0.1, 0.15) is 24.4 Å². The highest BCUT2D eigenvalue weighted by Crippen LogP contribution is 2.52. The zero-order chi connectivity index (χ0) is 23.0. The average molecular weight is 454 g/mol. The molecule has 4 rings (SSSR count). The molecule has 0 aromatic rings. The van der Waals surface area contributed by atoms with Gasteiger partial charge in [0.25, 0.3) is 0 Å². The largest absolute Gasteiger partial charge is 0.394 e. The number of amides is 3. The molecule has 3 fully saturated rings. The highest BCUT2D eigenvalue weighted by Gasteiger charge is 2.59. The standard InChI is InChI=1S/C21H30N2O9/c24-9-12-16(26)17(27)18(28)21(32-12)31-7-1-5-22-13(25)4-6-23-19(29)14-10-2-3-11(8-10)15(14)20(23)30/h2-3,10-12,14-18,21,24,26-28H,1,4-9H2,(H,22,25)/t10?,11?,12-,14-,15+,16+,17+,18-,21-/m1/s1. The van der Waals surface area contributed by atoms with Crippen LogP contribution in [0.15, 0.2) is 12.2 Å². The van der Waals surface area contributed by atoms with Crippen molar-refractivity contribution in [3.63, 3.8) is 0 Å². The first-order valence-corrected chi connectivity index (χ1v) is 11.1. The number of fused-ring (bicyclic) bond motifs is 5. The van der Waals surface area contributed by atoms with E-state index in [1.165, 1.54) is 4.90 Å². The number of imide groups is 1. The maximum Gasteiger partial charge on any atom is 0.233 e. The molecule has 2 aliphatic heterocycles. The van der Waals surface area contributed by atoms with Gasteiger partial charge in [0.15, 0.2) is 6.29 Å². The lowest BCUT2D eigenvalue weighted by Gasteiger charge is -2.39. The molecule has 32 heavy (non-hydrogen) atoms. The highest BCUT2D eigenvalue weighted by atomic mass is 16.7. The van der Waals surface area contributed by atoms with Gasteiger partial charge in [-0.25, -0.2) is 0 Å². The number of hydrogen-bond donors (Lipinski definition) is 5. The maximum absolute atomic E-state index is 12.6. The Labute approximate surface area is 185 Å². The fraction of sp³-hybridized carbons (Fsp3) is 0.762. The second kappa shape index (κ2) is 9.54. The summed E-state index contributed by atoms with van der Waals surface area (Å²) in [6.45, 7) is -0.123. The van der Waals surface area contributed by atoms with Gasteiger partial charge in [-0.2, -0.15) is 0 Å². The molecule has 9 atom stereocenters. The zero-order valence-electron chi connectivity index (χ0n) is 17.6. The molecule has 2 aliphatic carbocycles. The van der Waals surface area contributed by atoms with Crippen LogP contribution in [0.25, 0.3) is 0 Å². The molecule has 4 aliphatic rings. The number of rotatable bonds is 9. The summed E-state index contributed by atoms with van der Waals surface area (Å²) in [6.07, 6.45) is -1.36. The van der Waals surface area contributed by atoms with Gasteiger partial charge in [-0.1, -0.05) is 12.2 Å². The van der Waals surface area contributed by atoms with Crippen LogP contribution < -0.4 is 5.32 Å². The van der Waals surface area contributed by atoms with Crippen LogP contribution in [-0.4, -0.2) is 100 Å². The number of likely N-dealkylation sites (tertiary alicyclic amines) is 1. The van der Waals surface area contributed by atoms with Crippen molar-refractivity contribution in [2.75, 3.05) is 26.3 Å². The van der Waals surface area contributed by atoms with Gasteiger partial charge in [-0.05, 0) is 24.7 Å². The Balaban J connectivity index is 1.13. The third kappa shape index (κ3) is 4.20. The topological polar surface area (TPSA) is 166 Å². The van der Waals surface area contributed by atoms with Crippen molar-refractivity contribution in [2.24, 2.45) is 23.7 Å². The predicted octanol–water partition coefficient (Wildman–Crippen LogP) is -2.49. The van der Waals surface area contributed by atoms with E-state index in [0.29, 0.717) is 6.42 Å². The van der Waals surface area contributed by atoms with Crippen LogP contribution in [0.3, 0.4) is 0 Å². The van der Waals surface area contributed by atoms with Crippen molar-refractivity contribution < 1.29 is 44.3 Å². The van der Waals surface area contributed by atoms with Crippen molar-refractivity contribution in [1.29, 1.82) is 0 Å². The summed E-state index contributed by atoms with van der Waals surface area (Å²) < 4.78 is 10.6. The monoisotopic (exact) mass is 454 g/mol. The van der Waals surface area contributed by atoms with E-state index in [9.17, 15) is 29.7 Å². The Kier molecular flexibility index (Phi) is 6.94. The summed E-state index contributed by atoms with van der Waals surface area (Å²) in [5, 5.41) is 41.2. The number of nitrogens with zero attached hydrogens (tertiary/aromatic N) is 1. The minimum atomic E-state index is -1.51. The summed E-state index contributed by atoms with van der Waals surface area (Å²) in [6, 6.07) is 0. The summed E-state index contributed by atoms with van der Waals surface area (Å²) in [4.78, 5) is 38.5. The first kappa shape index (κ1) is 23.3. The number of allylic oxidation sites excluding steroid dienone is 2. The van der Waals surface area contributed by atoms with Gasteiger partial charge >= 0.3 is 0 Å². The van der Waals surface area contributed by atoms with Gasteiger partial charge in [-0.3, -0.25) is 19.3 Å². The second-order valence-electron chi connectivity index (χ2n) is 8.85. The minimum absolute atomic E-state index is 0.0211. The molecule has 0 spiro atoms. The van der Waals surface area contributed by atoms with Crippen LogP contribution in [0, 0.1) is 23.7 Å². The van der Waals surface area contributed by atoms with Crippen molar-refractivity contribution in [3.05, 3.63) is 12.2 Å². The van der Waals surface area contributed by atoms with E-state index in [0.717, 1.165) is 6.42 Å². The molecule has 2 bridgehead atoms. The molecule has 2 saturated heterocycles. The summed E-state index contributed by atoms with van der Waals surface area (Å²) in [5.74, 6) is -0.875. The highest BCUT2D eigenvalue weighted by molar-refractivity contribution is 6.06. The third-order valence-electron chi connectivity index (χ3n) is 6.90. The Morgan fingerprint density at radius 1 is 1.09 bits per heavy atom. The normalized spacial score (nSPS) is 40.2. The zero-order valence-corrected chi connectivity index (χ0v) is 17.6. The molecule has 0 radical (unpaired) electrons. The number of aliphatic hydroxyl groups is 4. The molecule has 3 amide bonds. The fourth-order valence-corrected chi connectivity index (χ4v) is 5.19. The van der Waals surface area contributed by atoms with Gasteiger partial charge in [-0.15, -0.1) is 0 Å². The summed E-state index contributed by atoms with van der Waals surface area (Å²) >= 11 is 0. The van der Waals surface area contributed by atoms with E-state index in [4.69, 9.17) is 14.6 Å². The van der Waals surface area contributed by atoms with E-state index in [1.54, 1.807) is 0 Å². The number of carbonyl (C=O) groups is 3. The molecule has 2 heterocycles. The molecule has 1 saturated carbocycles. The Bertz CT molecular complexity index is 742. The van der Waals surface area contributed by atoms with Crippen LogP contribution in [0.2, 0.25) is 0 Å². The Hall–Kier alpha value is -1.89. The fourth-order valence-electron chi connectivity index (χ4n) is 5.19. The van der Waals surface area contributed by atoms with Gasteiger partial charge in [0.05, 0.1) is 25.0 Å². The molecule has 5 N–H and O–H groups in total. The molecule has 2 unspecified atom stereocenters. The van der Waals surface area contributed by atoms with E-state index in [1.807, 2.05) is 12.2 Å². The van der Waals surface area contributed by atoms with E-state index in [-0.39, 0.29) is 67.5 Å². The lowest BCUT2D eigenvalue weighted by molar-refractivity contribution is -0.301. The molecular formula is C21H30N2O9. The average Bonchev–Trinajstić information content (AvgIpc) is 3.46. The number of aliphatic hydroxyl groups excluding tert-OH is 4. The molecular weight excluding hydrogens is 424 g/mol. The number of hydrogen-bond acceptors (Lipinski definition) is 9. The number of nitrogens with one attached hydrogen (secondary N) is 1. The Morgan fingerprint density at radius 3 is 2.38 bits per heavy atom. The van der Waals surface area contributed by atoms with E-state index < -0.39 is 37.3 Å². The first-order valence-electron chi connectivity index (χ1n) is 11.1. The van der Waals surface area contributed by atoms with Crippen LogP contribution in [0.1, 0.15) is 19.3 Å². The number of carbonyl (C=O) groups excluding carboxylic acids is 3. The molecule has 0 aromatic heterocycles. The van der Waals surface area contributed by atoms with Crippen LogP contribution in [0.4, 0.5) is 0 Å². The van der Waals surface area contributed by atoms with Crippen molar-refractivity contribution in [3.8, 4) is 0 Å². The first-order chi connectivity index (χ1) is 15.3. The smallest absolute Gasteiger partial charge is 0.233 e. The van der Waals surface area contributed by atoms with Crippen molar-refractivity contribution >= 4 is 17.7 Å². The lowest BCUT2D eigenvalue weighted by atomic mass is 9.85. The van der Waals surface area contributed by atoms with Gasteiger partial charge in [0, 0.05) is 19.5 Å².